The van der Waals surface area contributed by atoms with Crippen LogP contribution in [-0.2, 0) is 10.0 Å². The number of hydrogen-bond donors (Lipinski definition) is 2. The maximum Gasteiger partial charge on any atom is 0.316 e. The van der Waals surface area contributed by atoms with Crippen molar-refractivity contribution in [2.75, 3.05) is 20.7 Å². The van der Waals surface area contributed by atoms with E-state index in [1.54, 1.807) is 14.0 Å². The van der Waals surface area contributed by atoms with E-state index in [1.807, 2.05) is 0 Å². The number of nitrogens with one attached hydrogen (secondary N) is 2. The molecule has 0 aromatic heterocycles. The van der Waals surface area contributed by atoms with Gasteiger partial charge in [0.15, 0.2) is 0 Å². The molecule has 0 aliphatic rings. The second-order valence-corrected chi connectivity index (χ2v) is 7.25. The second kappa shape index (κ2) is 7.36. The minimum atomic E-state index is -3.95. The molecule has 0 radical (unpaired) electrons. The van der Waals surface area contributed by atoms with E-state index in [1.165, 1.54) is 20.1 Å². The van der Waals surface area contributed by atoms with Crippen molar-refractivity contribution in [1.29, 1.82) is 0 Å². The van der Waals surface area contributed by atoms with Crippen LogP contribution in [0.5, 0.6) is 5.75 Å². The van der Waals surface area contributed by atoms with Crippen LogP contribution in [0.3, 0.4) is 0 Å². The van der Waals surface area contributed by atoms with Crippen LogP contribution >= 0.6 is 15.9 Å². The zero-order valence-electron chi connectivity index (χ0n) is 12.6. The first-order chi connectivity index (χ1) is 10.2. The minimum absolute atomic E-state index is 0.0929. The molecule has 1 aromatic carbocycles. The minimum Gasteiger partial charge on any atom is -0.489 e. The van der Waals surface area contributed by atoms with E-state index in [2.05, 4.69) is 26.0 Å². The lowest BCUT2D eigenvalue weighted by atomic mass is 10.2. The third-order valence-electron chi connectivity index (χ3n) is 3.16. The fourth-order valence-electron chi connectivity index (χ4n) is 1.72. The Morgan fingerprint density at radius 1 is 1.50 bits per heavy atom. The van der Waals surface area contributed by atoms with Crippen LogP contribution in [0.1, 0.15) is 12.5 Å². The first kappa shape index (κ1) is 18.8. The number of halogens is 1. The maximum absolute atomic E-state index is 12.4. The summed E-state index contributed by atoms with van der Waals surface area (Å²) in [5.41, 5.74) is -0.0803. The molecule has 1 aromatic rings. The molecule has 10 heteroatoms. The topological polar surface area (TPSA) is 111 Å². The van der Waals surface area contributed by atoms with Gasteiger partial charge < -0.3 is 10.1 Å². The average molecular weight is 396 g/mol. The number of benzene rings is 1. The van der Waals surface area contributed by atoms with Gasteiger partial charge in [0, 0.05) is 22.6 Å². The second-order valence-electron chi connectivity index (χ2n) is 4.66. The summed E-state index contributed by atoms with van der Waals surface area (Å²) in [4.78, 5) is 10.3. The Kier molecular flexibility index (Phi) is 6.29. The molecule has 22 heavy (non-hydrogen) atoms. The Labute approximate surface area is 137 Å². The molecule has 0 amide bonds. The van der Waals surface area contributed by atoms with Crippen LogP contribution in [0.4, 0.5) is 5.69 Å². The van der Waals surface area contributed by atoms with Gasteiger partial charge in [0.1, 0.15) is 4.90 Å². The summed E-state index contributed by atoms with van der Waals surface area (Å²) in [6.45, 7) is 3.45. The van der Waals surface area contributed by atoms with Gasteiger partial charge in [-0.05, 0) is 27.0 Å². The standard InChI is InChI=1S/C12H18BrN3O5S/c1-7(14-3)6-15-22(19,20)10-5-9(13)8(2)11(16(17)18)12(10)21-4/h5,7,14-15H,6H2,1-4H3. The summed E-state index contributed by atoms with van der Waals surface area (Å²) in [6.07, 6.45) is 0. The highest BCUT2D eigenvalue weighted by atomic mass is 79.9. The first-order valence-corrected chi connectivity index (χ1v) is 8.61. The summed E-state index contributed by atoms with van der Waals surface area (Å²) >= 11 is 3.15. The summed E-state index contributed by atoms with van der Waals surface area (Å²) < 4.78 is 32.5. The number of sulfonamides is 1. The van der Waals surface area contributed by atoms with Crippen LogP contribution in [0, 0.1) is 17.0 Å². The van der Waals surface area contributed by atoms with Crippen molar-refractivity contribution in [2.45, 2.75) is 24.8 Å². The molecule has 1 unspecified atom stereocenters. The molecule has 0 aliphatic heterocycles. The van der Waals surface area contributed by atoms with Gasteiger partial charge in [-0.15, -0.1) is 0 Å². The molecule has 0 bridgehead atoms. The lowest BCUT2D eigenvalue weighted by Gasteiger charge is -2.15. The molecular weight excluding hydrogens is 378 g/mol. The molecule has 1 rings (SSSR count). The number of methoxy groups -OCH3 is 1. The molecule has 2 N–H and O–H groups in total. The van der Waals surface area contributed by atoms with Crippen molar-refractivity contribution in [1.82, 2.24) is 10.0 Å². The van der Waals surface area contributed by atoms with E-state index < -0.39 is 14.9 Å². The zero-order chi connectivity index (χ0) is 17.1. The largest absolute Gasteiger partial charge is 0.489 e. The Balaban J connectivity index is 3.44. The fraction of sp³-hybridized carbons (Fsp3) is 0.500. The summed E-state index contributed by atoms with van der Waals surface area (Å²) in [7, 11) is -1.05. The van der Waals surface area contributed by atoms with Crippen molar-refractivity contribution in [2.24, 2.45) is 0 Å². The smallest absolute Gasteiger partial charge is 0.316 e. The third-order valence-corrected chi connectivity index (χ3v) is 5.41. The molecule has 0 aliphatic carbocycles. The molecule has 8 nitrogen and oxygen atoms in total. The lowest BCUT2D eigenvalue weighted by Crippen LogP contribution is -2.37. The summed E-state index contributed by atoms with van der Waals surface area (Å²) in [6, 6.07) is 1.21. The molecule has 124 valence electrons. The van der Waals surface area contributed by atoms with Crippen LogP contribution < -0.4 is 14.8 Å². The SMILES string of the molecule is CNC(C)CNS(=O)(=O)c1cc(Br)c(C)c([N+](=O)[O-])c1OC. The van der Waals surface area contributed by atoms with E-state index in [9.17, 15) is 18.5 Å². The molecule has 1 atom stereocenters. The number of likely N-dealkylation sites (N-methyl/N-ethyl adjacent to an activating group) is 1. The van der Waals surface area contributed by atoms with Crippen molar-refractivity contribution in [3.8, 4) is 5.75 Å². The van der Waals surface area contributed by atoms with Gasteiger partial charge in [0.25, 0.3) is 0 Å². The Bertz CT molecular complexity index is 678. The molecular formula is C12H18BrN3O5S. The number of hydrogen-bond acceptors (Lipinski definition) is 6. The van der Waals surface area contributed by atoms with Gasteiger partial charge in [0.05, 0.1) is 12.0 Å². The van der Waals surface area contributed by atoms with Crippen LogP contribution in [0.15, 0.2) is 15.4 Å². The average Bonchev–Trinajstić information content (AvgIpc) is 2.46. The molecule has 0 fully saturated rings. The molecule has 0 saturated heterocycles. The predicted molar refractivity (Wildman–Crippen MR) is 85.8 cm³/mol. The van der Waals surface area contributed by atoms with Gasteiger partial charge >= 0.3 is 5.69 Å². The number of nitro benzene ring substituents is 1. The molecule has 0 spiro atoms. The quantitative estimate of drug-likeness (QED) is 0.535. The predicted octanol–water partition coefficient (Wildman–Crippen LogP) is 1.56. The van der Waals surface area contributed by atoms with Crippen LogP contribution in [0.2, 0.25) is 0 Å². The Morgan fingerprint density at radius 3 is 2.55 bits per heavy atom. The lowest BCUT2D eigenvalue weighted by molar-refractivity contribution is -0.386. The van der Waals surface area contributed by atoms with Gasteiger partial charge in [-0.1, -0.05) is 15.9 Å². The first-order valence-electron chi connectivity index (χ1n) is 6.34. The van der Waals surface area contributed by atoms with Crippen molar-refractivity contribution in [3.63, 3.8) is 0 Å². The zero-order valence-corrected chi connectivity index (χ0v) is 15.0. The Hall–Kier alpha value is -1.23. The van der Waals surface area contributed by atoms with Crippen molar-refractivity contribution < 1.29 is 18.1 Å². The van der Waals surface area contributed by atoms with E-state index in [-0.39, 0.29) is 28.9 Å². The monoisotopic (exact) mass is 395 g/mol. The van der Waals surface area contributed by atoms with Crippen LogP contribution in [0.25, 0.3) is 0 Å². The van der Waals surface area contributed by atoms with Gasteiger partial charge in [-0.25, -0.2) is 13.1 Å². The van der Waals surface area contributed by atoms with E-state index in [0.29, 0.717) is 10.0 Å². The Morgan fingerprint density at radius 2 is 2.09 bits per heavy atom. The third kappa shape index (κ3) is 3.94. The van der Waals surface area contributed by atoms with Crippen molar-refractivity contribution in [3.05, 3.63) is 26.2 Å². The molecule has 0 heterocycles. The molecule has 0 saturated carbocycles. The highest BCUT2D eigenvalue weighted by Crippen LogP contribution is 2.40. The van der Waals surface area contributed by atoms with E-state index in [4.69, 9.17) is 4.74 Å². The number of nitrogens with zero attached hydrogens (tertiary/aromatic N) is 1. The normalized spacial score (nSPS) is 13.0. The highest BCUT2D eigenvalue weighted by Gasteiger charge is 2.31. The van der Waals surface area contributed by atoms with Crippen molar-refractivity contribution >= 4 is 31.6 Å². The fourth-order valence-corrected chi connectivity index (χ4v) is 3.61. The summed E-state index contributed by atoms with van der Waals surface area (Å²) in [5.74, 6) is -0.282. The number of rotatable bonds is 7. The van der Waals surface area contributed by atoms with Gasteiger partial charge in [-0.3, -0.25) is 10.1 Å². The van der Waals surface area contributed by atoms with Crippen LogP contribution in [-0.4, -0.2) is 40.1 Å². The number of nitro groups is 1. The number of ether oxygens (including phenoxy) is 1. The highest BCUT2D eigenvalue weighted by molar-refractivity contribution is 9.10. The maximum atomic E-state index is 12.4. The summed E-state index contributed by atoms with van der Waals surface area (Å²) in [5, 5.41) is 14.1. The van der Waals surface area contributed by atoms with E-state index in [0.717, 1.165) is 0 Å². The van der Waals surface area contributed by atoms with Gasteiger partial charge in [0.2, 0.25) is 15.8 Å². The van der Waals surface area contributed by atoms with E-state index >= 15 is 0 Å². The van der Waals surface area contributed by atoms with Gasteiger partial charge in [-0.2, -0.15) is 0 Å².